The molecule has 8 rings (SSSR count). The second-order valence-electron chi connectivity index (χ2n) is 12.3. The average molecular weight is 737 g/mol. The summed E-state index contributed by atoms with van der Waals surface area (Å²) in [4.78, 5) is 58.7. The van der Waals surface area contributed by atoms with E-state index in [0.29, 0.717) is 22.1 Å². The first-order chi connectivity index (χ1) is 22.2. The Morgan fingerprint density at radius 3 is 2.57 bits per heavy atom. The molecule has 234 valence electrons. The first-order valence-electron chi connectivity index (χ1n) is 15.0. The number of aromatic amines is 1. The smallest absolute Gasteiger partial charge is 0.305 e. The van der Waals surface area contributed by atoms with E-state index in [1.165, 1.54) is 16.2 Å². The Morgan fingerprint density at radius 1 is 1.04 bits per heavy atom. The number of aromatic nitrogens is 1. The van der Waals surface area contributed by atoms with Crippen molar-refractivity contribution in [3.05, 3.63) is 102 Å². The summed E-state index contributed by atoms with van der Waals surface area (Å²) in [6.45, 7) is 1.76. The van der Waals surface area contributed by atoms with Gasteiger partial charge in [0.05, 0.1) is 22.5 Å². The highest BCUT2D eigenvalue weighted by Crippen LogP contribution is 2.69. The molecule has 4 aliphatic rings. The van der Waals surface area contributed by atoms with E-state index < -0.39 is 11.8 Å². The van der Waals surface area contributed by atoms with Crippen LogP contribution in [0, 0.1) is 36.5 Å². The third-order valence-electron chi connectivity index (χ3n) is 9.78. The molecular formula is C34H27BrClN3O5S2. The molecule has 3 heterocycles. The number of nitrogens with zero attached hydrogens (tertiary/aromatic N) is 1. The highest BCUT2D eigenvalue weighted by atomic mass is 79.9. The molecule has 2 N–H and O–H groups in total. The lowest BCUT2D eigenvalue weighted by atomic mass is 9.68. The maximum Gasteiger partial charge on any atom is 0.305 e. The molecule has 2 bridgehead atoms. The summed E-state index contributed by atoms with van der Waals surface area (Å²) >= 11 is 12.5. The van der Waals surface area contributed by atoms with E-state index in [-0.39, 0.29) is 58.1 Å². The summed E-state index contributed by atoms with van der Waals surface area (Å²) in [7, 11) is 0. The van der Waals surface area contributed by atoms with Crippen LogP contribution in [0.25, 0.3) is 0 Å². The van der Waals surface area contributed by atoms with Crippen molar-refractivity contribution in [2.45, 2.75) is 29.5 Å². The van der Waals surface area contributed by atoms with Gasteiger partial charge in [0.2, 0.25) is 11.8 Å². The number of fused-ring (bicyclic) bond motifs is 9. The number of rotatable bonds is 6. The summed E-state index contributed by atoms with van der Waals surface area (Å²) in [5.74, 6) is -1.28. The van der Waals surface area contributed by atoms with Gasteiger partial charge in [-0.15, -0.1) is 11.8 Å². The molecule has 2 aliphatic heterocycles. The van der Waals surface area contributed by atoms with E-state index in [1.54, 1.807) is 36.0 Å². The van der Waals surface area contributed by atoms with Gasteiger partial charge >= 0.3 is 4.87 Å². The number of hydrogen-bond donors (Lipinski definition) is 2. The van der Waals surface area contributed by atoms with Gasteiger partial charge in [-0.05, 0) is 91.3 Å². The minimum absolute atomic E-state index is 0.0186. The van der Waals surface area contributed by atoms with E-state index >= 15 is 0 Å². The molecule has 7 atom stereocenters. The zero-order valence-corrected chi connectivity index (χ0v) is 28.3. The first-order valence-corrected chi connectivity index (χ1v) is 17.9. The lowest BCUT2D eigenvalue weighted by Crippen LogP contribution is -2.42. The van der Waals surface area contributed by atoms with Crippen molar-refractivity contribution in [3.8, 4) is 5.75 Å². The molecule has 3 fully saturated rings. The Hall–Kier alpha value is -3.38. The zero-order valence-electron chi connectivity index (χ0n) is 24.4. The Bertz CT molecular complexity index is 1980. The number of imide groups is 1. The van der Waals surface area contributed by atoms with Crippen molar-refractivity contribution in [1.82, 2.24) is 4.98 Å². The Labute approximate surface area is 286 Å². The van der Waals surface area contributed by atoms with Gasteiger partial charge in [-0.25, -0.2) is 0 Å². The number of thiazole rings is 1. The number of ether oxygens (including phenoxy) is 1. The maximum absolute atomic E-state index is 14.0. The largest absolute Gasteiger partial charge is 0.483 e. The van der Waals surface area contributed by atoms with Crippen LogP contribution in [0.5, 0.6) is 5.75 Å². The van der Waals surface area contributed by atoms with E-state index in [2.05, 4.69) is 26.2 Å². The van der Waals surface area contributed by atoms with Gasteiger partial charge in [-0.1, -0.05) is 51.0 Å². The molecule has 1 aromatic heterocycles. The number of hydrogen-bond acceptors (Lipinski definition) is 7. The van der Waals surface area contributed by atoms with Gasteiger partial charge in [0.1, 0.15) is 5.75 Å². The highest BCUT2D eigenvalue weighted by Gasteiger charge is 2.69. The summed E-state index contributed by atoms with van der Waals surface area (Å²) in [5, 5.41) is 4.26. The SMILES string of the molecule is Cc1cccc(NC(=O)COc2ccc(Br)cc2[C@@H]2c3sc(=O)[nH]c3S[C@@H]3[C@@H]4C[C@@H]([C@@H]5C(=O)N(c6ccc(Cl)cc6)C(=O)[C@@H]45)[C@H]23)c1. The first kappa shape index (κ1) is 30.0. The third kappa shape index (κ3) is 4.85. The van der Waals surface area contributed by atoms with Crippen LogP contribution in [0.4, 0.5) is 11.4 Å². The lowest BCUT2D eigenvalue weighted by Gasteiger charge is -2.43. The van der Waals surface area contributed by atoms with E-state index in [4.69, 9.17) is 16.3 Å². The molecule has 12 heteroatoms. The summed E-state index contributed by atoms with van der Waals surface area (Å²) in [6, 6.07) is 20.1. The van der Waals surface area contributed by atoms with Crippen LogP contribution in [0.15, 0.2) is 81.0 Å². The molecule has 3 amide bonds. The molecule has 1 saturated heterocycles. The molecule has 3 aromatic carbocycles. The fourth-order valence-corrected chi connectivity index (χ4v) is 11.6. The van der Waals surface area contributed by atoms with Gasteiger partial charge in [-0.2, -0.15) is 0 Å². The molecular weight excluding hydrogens is 710 g/mol. The van der Waals surface area contributed by atoms with Crippen LogP contribution >= 0.6 is 50.6 Å². The number of benzene rings is 3. The second kappa shape index (κ2) is 11.4. The van der Waals surface area contributed by atoms with Crippen LogP contribution < -0.4 is 19.8 Å². The highest BCUT2D eigenvalue weighted by molar-refractivity contribution is 9.10. The van der Waals surface area contributed by atoms with Crippen molar-refractivity contribution < 1.29 is 19.1 Å². The molecule has 0 spiro atoms. The third-order valence-corrected chi connectivity index (χ3v) is 13.1. The normalized spacial score (nSPS) is 27.4. The van der Waals surface area contributed by atoms with Crippen LogP contribution in [-0.4, -0.2) is 34.6 Å². The molecule has 46 heavy (non-hydrogen) atoms. The van der Waals surface area contributed by atoms with Crippen molar-refractivity contribution in [2.24, 2.45) is 29.6 Å². The lowest BCUT2D eigenvalue weighted by molar-refractivity contribution is -0.123. The predicted molar refractivity (Wildman–Crippen MR) is 182 cm³/mol. The Balaban J connectivity index is 1.14. The number of carbonyl (C=O) groups is 3. The molecule has 0 radical (unpaired) electrons. The minimum Gasteiger partial charge on any atom is -0.483 e. The van der Waals surface area contributed by atoms with Crippen molar-refractivity contribution >= 4 is 79.7 Å². The topological polar surface area (TPSA) is 109 Å². The standard InChI is InChI=1S/C34H27BrClN3O5S2/c1-15-3-2-4-18(11-15)37-24(40)14-44-23-10-5-16(35)12-20(23)25-26-21-13-22(29(26)45-31-30(25)46-34(43)38-31)28-27(21)32(41)39(33(28)42)19-8-6-17(36)7-9-19/h2-12,21-22,25-29H,13-14H2,1H3,(H,37,40)(H,38,43)/t21-,22-,25+,26-,27+,28+,29-/m1/s1. The Kier molecular flexibility index (Phi) is 7.43. The predicted octanol–water partition coefficient (Wildman–Crippen LogP) is 6.86. The number of aryl methyl sites for hydroxylation is 1. The van der Waals surface area contributed by atoms with Crippen molar-refractivity contribution in [3.63, 3.8) is 0 Å². The maximum atomic E-state index is 14.0. The average Bonchev–Trinajstić information content (AvgIpc) is 3.76. The van der Waals surface area contributed by atoms with Crippen LogP contribution in [-0.2, 0) is 14.4 Å². The van der Waals surface area contributed by atoms with Crippen molar-refractivity contribution in [1.29, 1.82) is 0 Å². The van der Waals surface area contributed by atoms with Gasteiger partial charge < -0.3 is 15.0 Å². The van der Waals surface area contributed by atoms with Crippen LogP contribution in [0.2, 0.25) is 5.02 Å². The number of H-pyrrole nitrogens is 1. The van der Waals surface area contributed by atoms with Gasteiger partial charge in [0, 0.05) is 36.8 Å². The molecule has 2 aliphatic carbocycles. The number of amides is 3. The number of anilines is 2. The fourth-order valence-electron chi connectivity index (χ4n) is 8.17. The van der Waals surface area contributed by atoms with Crippen LogP contribution in [0.1, 0.15) is 28.3 Å². The molecule has 0 unspecified atom stereocenters. The zero-order chi connectivity index (χ0) is 31.9. The Morgan fingerprint density at radius 2 is 1.80 bits per heavy atom. The second-order valence-corrected chi connectivity index (χ2v) is 15.9. The minimum atomic E-state index is -0.439. The number of thioether (sulfide) groups is 1. The van der Waals surface area contributed by atoms with Crippen molar-refractivity contribution in [2.75, 3.05) is 16.8 Å². The van der Waals surface area contributed by atoms with E-state index in [0.717, 1.165) is 31.9 Å². The van der Waals surface area contributed by atoms with Gasteiger partial charge in [0.15, 0.2) is 6.61 Å². The quantitative estimate of drug-likeness (QED) is 0.210. The molecule has 8 nitrogen and oxygen atoms in total. The summed E-state index contributed by atoms with van der Waals surface area (Å²) < 4.78 is 7.04. The number of nitrogens with one attached hydrogen (secondary N) is 2. The molecule has 2 saturated carbocycles. The van der Waals surface area contributed by atoms with Crippen LogP contribution in [0.3, 0.4) is 0 Å². The summed E-state index contributed by atoms with van der Waals surface area (Å²) in [6.07, 6.45) is 0.766. The molecule has 4 aromatic rings. The van der Waals surface area contributed by atoms with Gasteiger partial charge in [0.25, 0.3) is 5.91 Å². The fraction of sp³-hybridized carbons (Fsp3) is 0.294. The summed E-state index contributed by atoms with van der Waals surface area (Å²) in [5.41, 5.74) is 3.11. The monoisotopic (exact) mass is 735 g/mol. The van der Waals surface area contributed by atoms with E-state index in [9.17, 15) is 19.2 Å². The van der Waals surface area contributed by atoms with Gasteiger partial charge in [-0.3, -0.25) is 24.1 Å². The number of carbonyl (C=O) groups excluding carboxylic acids is 3. The van der Waals surface area contributed by atoms with E-state index in [1.807, 2.05) is 49.4 Å². The number of halogens is 2.